The molecule has 3 heterocycles. The number of nitrogens with zero attached hydrogens (tertiary/aromatic N) is 3. The Morgan fingerprint density at radius 2 is 1.86 bits per heavy atom. The SMILES string of the molecule is CCN1CCN(c2cc(CN[C@H](c3cc4ccccc4o3)C(C)C)ccn2)CC1. The average Bonchev–Trinajstić information content (AvgIpc) is 3.17. The van der Waals surface area contributed by atoms with Crippen molar-refractivity contribution in [2.45, 2.75) is 33.4 Å². The number of aromatic nitrogens is 1. The van der Waals surface area contributed by atoms with E-state index < -0.39 is 0 Å². The minimum atomic E-state index is 0.173. The van der Waals surface area contributed by atoms with Crippen LogP contribution in [0.2, 0.25) is 0 Å². The summed E-state index contributed by atoms with van der Waals surface area (Å²) in [7, 11) is 0. The van der Waals surface area contributed by atoms with Crippen molar-refractivity contribution in [3.05, 3.63) is 60.0 Å². The third-order valence-corrected chi connectivity index (χ3v) is 5.90. The van der Waals surface area contributed by atoms with Crippen molar-refractivity contribution in [1.82, 2.24) is 15.2 Å². The van der Waals surface area contributed by atoms with Gasteiger partial charge in [0.1, 0.15) is 17.2 Å². The van der Waals surface area contributed by atoms with Gasteiger partial charge >= 0.3 is 0 Å². The summed E-state index contributed by atoms with van der Waals surface area (Å²) in [5.74, 6) is 2.52. The van der Waals surface area contributed by atoms with Crippen LogP contribution in [0.1, 0.15) is 38.1 Å². The summed E-state index contributed by atoms with van der Waals surface area (Å²) < 4.78 is 6.13. The number of hydrogen-bond donors (Lipinski definition) is 1. The fourth-order valence-electron chi connectivity index (χ4n) is 4.08. The van der Waals surface area contributed by atoms with Gasteiger partial charge in [0.15, 0.2) is 0 Å². The van der Waals surface area contributed by atoms with Crippen LogP contribution in [0.15, 0.2) is 53.1 Å². The van der Waals surface area contributed by atoms with Gasteiger partial charge in [0.25, 0.3) is 0 Å². The molecule has 1 fully saturated rings. The molecule has 3 aromatic rings. The highest BCUT2D eigenvalue weighted by atomic mass is 16.3. The smallest absolute Gasteiger partial charge is 0.134 e. The van der Waals surface area contributed by atoms with Crippen molar-refractivity contribution in [1.29, 1.82) is 0 Å². The van der Waals surface area contributed by atoms with Gasteiger partial charge in [-0.15, -0.1) is 0 Å². The molecule has 2 aromatic heterocycles. The molecular formula is C24H32N4O. The highest BCUT2D eigenvalue weighted by Gasteiger charge is 2.20. The number of furan rings is 1. The molecule has 1 atom stereocenters. The van der Waals surface area contributed by atoms with E-state index in [1.807, 2.05) is 18.3 Å². The number of anilines is 1. The molecule has 1 aromatic carbocycles. The zero-order valence-corrected chi connectivity index (χ0v) is 17.8. The molecule has 0 bridgehead atoms. The Hall–Kier alpha value is -2.37. The molecule has 5 heteroatoms. The minimum absolute atomic E-state index is 0.173. The molecule has 0 amide bonds. The summed E-state index contributed by atoms with van der Waals surface area (Å²) in [4.78, 5) is 9.51. The number of rotatable bonds is 7. The van der Waals surface area contributed by atoms with Crippen molar-refractivity contribution < 1.29 is 4.42 Å². The van der Waals surface area contributed by atoms with Crippen LogP contribution in [0.5, 0.6) is 0 Å². The number of pyridine rings is 1. The first-order valence-corrected chi connectivity index (χ1v) is 10.8. The molecule has 1 aliphatic rings. The third-order valence-electron chi connectivity index (χ3n) is 5.90. The third kappa shape index (κ3) is 4.62. The molecule has 0 radical (unpaired) electrons. The number of likely N-dealkylation sites (N-methyl/N-ethyl adjacent to an activating group) is 1. The normalized spacial score (nSPS) is 16.6. The fourth-order valence-corrected chi connectivity index (χ4v) is 4.08. The number of benzene rings is 1. The van der Waals surface area contributed by atoms with Gasteiger partial charge in [0.2, 0.25) is 0 Å². The molecule has 1 aliphatic heterocycles. The summed E-state index contributed by atoms with van der Waals surface area (Å²) >= 11 is 0. The van der Waals surface area contributed by atoms with Crippen LogP contribution in [-0.2, 0) is 6.54 Å². The van der Waals surface area contributed by atoms with Gasteiger partial charge in [-0.25, -0.2) is 4.98 Å². The number of hydrogen-bond acceptors (Lipinski definition) is 5. The molecule has 0 spiro atoms. The van der Waals surface area contributed by atoms with Crippen molar-refractivity contribution in [3.8, 4) is 0 Å². The van der Waals surface area contributed by atoms with E-state index in [9.17, 15) is 0 Å². The molecule has 154 valence electrons. The van der Waals surface area contributed by atoms with Gasteiger partial charge in [-0.05, 0) is 42.3 Å². The lowest BCUT2D eigenvalue weighted by molar-refractivity contribution is 0.270. The Balaban J connectivity index is 1.44. The largest absolute Gasteiger partial charge is 0.459 e. The predicted molar refractivity (Wildman–Crippen MR) is 119 cm³/mol. The highest BCUT2D eigenvalue weighted by molar-refractivity contribution is 5.77. The molecule has 1 N–H and O–H groups in total. The zero-order chi connectivity index (χ0) is 20.2. The number of piperazine rings is 1. The van der Waals surface area contributed by atoms with E-state index in [0.29, 0.717) is 5.92 Å². The maximum absolute atomic E-state index is 6.13. The van der Waals surface area contributed by atoms with E-state index in [4.69, 9.17) is 4.42 Å². The van der Waals surface area contributed by atoms with Crippen LogP contribution in [0.4, 0.5) is 5.82 Å². The van der Waals surface area contributed by atoms with Gasteiger partial charge in [0, 0.05) is 44.3 Å². The van der Waals surface area contributed by atoms with Gasteiger partial charge in [-0.2, -0.15) is 0 Å². The maximum atomic E-state index is 6.13. The second kappa shape index (κ2) is 8.97. The van der Waals surface area contributed by atoms with Crippen LogP contribution in [0, 0.1) is 5.92 Å². The molecule has 4 rings (SSSR count). The lowest BCUT2D eigenvalue weighted by Crippen LogP contribution is -2.46. The monoisotopic (exact) mass is 392 g/mol. The van der Waals surface area contributed by atoms with Crippen LogP contribution < -0.4 is 10.2 Å². The molecule has 1 saturated heterocycles. The molecule has 0 unspecified atom stereocenters. The lowest BCUT2D eigenvalue weighted by atomic mass is 10.0. The van der Waals surface area contributed by atoms with Gasteiger partial charge in [-0.3, -0.25) is 0 Å². The first kappa shape index (κ1) is 19.9. The standard InChI is InChI=1S/C24H32N4O/c1-4-27-11-13-28(14-12-27)23-15-19(9-10-25-23)17-26-24(18(2)3)22-16-20-7-5-6-8-21(20)29-22/h5-10,15-16,18,24,26H,4,11-14,17H2,1-3H3/t24-/m0/s1. The van der Waals surface area contributed by atoms with Crippen LogP contribution >= 0.6 is 0 Å². The minimum Gasteiger partial charge on any atom is -0.459 e. The van der Waals surface area contributed by atoms with Crippen LogP contribution in [0.3, 0.4) is 0 Å². The molecular weight excluding hydrogens is 360 g/mol. The Morgan fingerprint density at radius 3 is 2.59 bits per heavy atom. The quantitative estimate of drug-likeness (QED) is 0.643. The number of para-hydroxylation sites is 1. The van der Waals surface area contributed by atoms with E-state index in [0.717, 1.165) is 61.8 Å². The van der Waals surface area contributed by atoms with E-state index in [1.165, 1.54) is 5.56 Å². The van der Waals surface area contributed by atoms with Crippen LogP contribution in [0.25, 0.3) is 11.0 Å². The Kier molecular flexibility index (Phi) is 6.16. The molecule has 0 aliphatic carbocycles. The number of fused-ring (bicyclic) bond motifs is 1. The topological polar surface area (TPSA) is 44.5 Å². The average molecular weight is 393 g/mol. The van der Waals surface area contributed by atoms with Crippen molar-refractivity contribution in [2.75, 3.05) is 37.6 Å². The Morgan fingerprint density at radius 1 is 1.07 bits per heavy atom. The highest BCUT2D eigenvalue weighted by Crippen LogP contribution is 2.28. The summed E-state index contributed by atoms with van der Waals surface area (Å²) in [6.45, 7) is 12.9. The molecule has 0 saturated carbocycles. The first-order valence-electron chi connectivity index (χ1n) is 10.8. The summed E-state index contributed by atoms with van der Waals surface area (Å²) in [6, 6.07) is 14.9. The lowest BCUT2D eigenvalue weighted by Gasteiger charge is -2.34. The molecule has 5 nitrogen and oxygen atoms in total. The molecule has 29 heavy (non-hydrogen) atoms. The number of nitrogens with one attached hydrogen (secondary N) is 1. The fraction of sp³-hybridized carbons (Fsp3) is 0.458. The second-order valence-corrected chi connectivity index (χ2v) is 8.23. The van der Waals surface area contributed by atoms with Crippen LogP contribution in [-0.4, -0.2) is 42.6 Å². The second-order valence-electron chi connectivity index (χ2n) is 8.23. The van der Waals surface area contributed by atoms with Crippen molar-refractivity contribution >= 4 is 16.8 Å². The summed E-state index contributed by atoms with van der Waals surface area (Å²) in [5, 5.41) is 4.87. The maximum Gasteiger partial charge on any atom is 0.134 e. The van der Waals surface area contributed by atoms with Crippen molar-refractivity contribution in [2.24, 2.45) is 5.92 Å². The van der Waals surface area contributed by atoms with Gasteiger partial charge in [-0.1, -0.05) is 39.0 Å². The summed E-state index contributed by atoms with van der Waals surface area (Å²) in [5.41, 5.74) is 2.21. The van der Waals surface area contributed by atoms with E-state index in [-0.39, 0.29) is 6.04 Å². The van der Waals surface area contributed by atoms with Crippen molar-refractivity contribution in [3.63, 3.8) is 0 Å². The summed E-state index contributed by atoms with van der Waals surface area (Å²) in [6.07, 6.45) is 1.93. The first-order chi connectivity index (χ1) is 14.1. The Bertz CT molecular complexity index is 894. The Labute approximate surface area is 173 Å². The zero-order valence-electron chi connectivity index (χ0n) is 17.8. The van der Waals surface area contributed by atoms with Gasteiger partial charge < -0.3 is 19.5 Å². The predicted octanol–water partition coefficient (Wildman–Crippen LogP) is 4.46. The van der Waals surface area contributed by atoms with E-state index in [2.05, 4.69) is 71.2 Å². The van der Waals surface area contributed by atoms with E-state index >= 15 is 0 Å². The van der Waals surface area contributed by atoms with E-state index in [1.54, 1.807) is 0 Å². The van der Waals surface area contributed by atoms with Gasteiger partial charge in [0.05, 0.1) is 6.04 Å².